The predicted molar refractivity (Wildman–Crippen MR) is 48.9 cm³/mol. The van der Waals surface area contributed by atoms with Crippen LogP contribution in [0.15, 0.2) is 29.3 Å². The van der Waals surface area contributed by atoms with Crippen LogP contribution in [0.25, 0.3) is 0 Å². The SMILES string of the molecule is CC1=Nc2ccccc2CN1N. The molecule has 12 heavy (non-hydrogen) atoms. The van der Waals surface area contributed by atoms with E-state index in [9.17, 15) is 0 Å². The fourth-order valence-electron chi connectivity index (χ4n) is 1.29. The quantitative estimate of drug-likeness (QED) is 0.585. The van der Waals surface area contributed by atoms with E-state index in [4.69, 9.17) is 5.84 Å². The molecule has 0 amide bonds. The van der Waals surface area contributed by atoms with Crippen molar-refractivity contribution >= 4 is 11.5 Å². The lowest BCUT2D eigenvalue weighted by atomic mass is 10.1. The second-order valence-electron chi connectivity index (χ2n) is 2.92. The lowest BCUT2D eigenvalue weighted by Crippen LogP contribution is -2.36. The number of nitrogens with two attached hydrogens (primary N) is 1. The van der Waals surface area contributed by atoms with Gasteiger partial charge in [0.15, 0.2) is 0 Å². The Morgan fingerprint density at radius 3 is 3.00 bits per heavy atom. The van der Waals surface area contributed by atoms with Crippen LogP contribution in [0.2, 0.25) is 0 Å². The fraction of sp³-hybridized carbons (Fsp3) is 0.222. The van der Waals surface area contributed by atoms with Crippen molar-refractivity contribution in [2.75, 3.05) is 0 Å². The molecule has 0 unspecified atom stereocenters. The second-order valence-corrected chi connectivity index (χ2v) is 2.92. The minimum absolute atomic E-state index is 0.755. The highest BCUT2D eigenvalue weighted by atomic mass is 15.4. The molecular formula is C9H11N3. The van der Waals surface area contributed by atoms with E-state index < -0.39 is 0 Å². The molecule has 1 heterocycles. The Balaban J connectivity index is 2.49. The van der Waals surface area contributed by atoms with Crippen LogP contribution in [0, 0.1) is 0 Å². The number of nitrogens with zero attached hydrogens (tertiary/aromatic N) is 2. The maximum absolute atomic E-state index is 5.70. The first-order valence-electron chi connectivity index (χ1n) is 3.93. The topological polar surface area (TPSA) is 41.6 Å². The summed E-state index contributed by atoms with van der Waals surface area (Å²) in [5.74, 6) is 6.56. The van der Waals surface area contributed by atoms with E-state index in [0.717, 1.165) is 18.1 Å². The summed E-state index contributed by atoms with van der Waals surface area (Å²) in [7, 11) is 0. The molecule has 1 aliphatic rings. The van der Waals surface area contributed by atoms with Gasteiger partial charge in [-0.1, -0.05) is 18.2 Å². The van der Waals surface area contributed by atoms with Gasteiger partial charge in [-0.25, -0.2) is 10.8 Å². The van der Waals surface area contributed by atoms with Gasteiger partial charge in [0.05, 0.1) is 12.2 Å². The summed E-state index contributed by atoms with van der Waals surface area (Å²) in [5.41, 5.74) is 2.22. The highest BCUT2D eigenvalue weighted by Crippen LogP contribution is 2.23. The summed E-state index contributed by atoms with van der Waals surface area (Å²) in [6.07, 6.45) is 0. The number of hydrazine groups is 1. The van der Waals surface area contributed by atoms with E-state index in [2.05, 4.69) is 4.99 Å². The van der Waals surface area contributed by atoms with Crippen LogP contribution in [0.5, 0.6) is 0 Å². The van der Waals surface area contributed by atoms with Gasteiger partial charge in [-0.3, -0.25) is 5.01 Å². The van der Waals surface area contributed by atoms with E-state index in [1.165, 1.54) is 5.56 Å². The van der Waals surface area contributed by atoms with Crippen molar-refractivity contribution in [3.8, 4) is 0 Å². The van der Waals surface area contributed by atoms with Gasteiger partial charge >= 0.3 is 0 Å². The van der Waals surface area contributed by atoms with Crippen molar-refractivity contribution in [3.63, 3.8) is 0 Å². The molecule has 1 aromatic rings. The molecule has 0 radical (unpaired) electrons. The Bertz CT molecular complexity index is 330. The van der Waals surface area contributed by atoms with Crippen LogP contribution in [0.3, 0.4) is 0 Å². The van der Waals surface area contributed by atoms with E-state index in [1.807, 2.05) is 31.2 Å². The van der Waals surface area contributed by atoms with Crippen LogP contribution < -0.4 is 5.84 Å². The standard InChI is InChI=1S/C9H11N3/c1-7-11-9-5-3-2-4-8(9)6-12(7)10/h2-5H,6,10H2,1H3. The summed E-state index contributed by atoms with van der Waals surface area (Å²) >= 11 is 0. The summed E-state index contributed by atoms with van der Waals surface area (Å²) in [4.78, 5) is 4.34. The molecule has 1 aromatic carbocycles. The van der Waals surface area contributed by atoms with Gasteiger partial charge in [0.1, 0.15) is 5.84 Å². The third-order valence-electron chi connectivity index (χ3n) is 2.03. The van der Waals surface area contributed by atoms with Crippen molar-refractivity contribution in [2.45, 2.75) is 13.5 Å². The Labute approximate surface area is 71.5 Å². The maximum atomic E-state index is 5.70. The molecule has 2 N–H and O–H groups in total. The van der Waals surface area contributed by atoms with Gasteiger partial charge in [0, 0.05) is 0 Å². The first-order valence-corrected chi connectivity index (χ1v) is 3.93. The van der Waals surface area contributed by atoms with Gasteiger partial charge in [-0.15, -0.1) is 0 Å². The van der Waals surface area contributed by atoms with Gasteiger partial charge < -0.3 is 0 Å². The number of rotatable bonds is 0. The fourth-order valence-corrected chi connectivity index (χ4v) is 1.29. The van der Waals surface area contributed by atoms with Crippen molar-refractivity contribution in [1.29, 1.82) is 0 Å². The molecule has 0 spiro atoms. The molecule has 0 saturated heterocycles. The van der Waals surface area contributed by atoms with Gasteiger partial charge in [0.2, 0.25) is 0 Å². The second kappa shape index (κ2) is 2.60. The Kier molecular flexibility index (Phi) is 1.59. The van der Waals surface area contributed by atoms with Crippen LogP contribution in [0.1, 0.15) is 12.5 Å². The zero-order chi connectivity index (χ0) is 8.55. The number of aliphatic imine (C=N–C) groups is 1. The van der Waals surface area contributed by atoms with E-state index >= 15 is 0 Å². The average Bonchev–Trinajstić information content (AvgIpc) is 2.07. The smallest absolute Gasteiger partial charge is 0.116 e. The van der Waals surface area contributed by atoms with Crippen molar-refractivity contribution in [3.05, 3.63) is 29.8 Å². The molecule has 0 saturated carbocycles. The summed E-state index contributed by atoms with van der Waals surface area (Å²) in [6.45, 7) is 2.67. The summed E-state index contributed by atoms with van der Waals surface area (Å²) in [6, 6.07) is 8.04. The van der Waals surface area contributed by atoms with Gasteiger partial charge in [-0.2, -0.15) is 0 Å². The molecular weight excluding hydrogens is 150 g/mol. The Hall–Kier alpha value is -1.35. The minimum atomic E-state index is 0.755. The summed E-state index contributed by atoms with van der Waals surface area (Å²) < 4.78 is 0. The number of hydrogen-bond donors (Lipinski definition) is 1. The molecule has 0 atom stereocenters. The zero-order valence-electron chi connectivity index (χ0n) is 6.99. The molecule has 3 heteroatoms. The molecule has 1 aliphatic heterocycles. The van der Waals surface area contributed by atoms with Gasteiger partial charge in [0.25, 0.3) is 0 Å². The molecule has 0 aliphatic carbocycles. The third kappa shape index (κ3) is 1.08. The van der Waals surface area contributed by atoms with E-state index in [1.54, 1.807) is 5.01 Å². The van der Waals surface area contributed by atoms with Crippen molar-refractivity contribution in [2.24, 2.45) is 10.8 Å². The van der Waals surface area contributed by atoms with E-state index in [-0.39, 0.29) is 0 Å². The molecule has 62 valence electrons. The normalized spacial score (nSPS) is 15.5. The van der Waals surface area contributed by atoms with Crippen LogP contribution in [-0.4, -0.2) is 10.8 Å². The molecule has 0 fully saturated rings. The van der Waals surface area contributed by atoms with Crippen LogP contribution >= 0.6 is 0 Å². The lowest BCUT2D eigenvalue weighted by molar-refractivity contribution is 0.425. The molecule has 2 rings (SSSR count). The lowest BCUT2D eigenvalue weighted by Gasteiger charge is -2.23. The monoisotopic (exact) mass is 161 g/mol. The number of para-hydroxylation sites is 1. The number of benzene rings is 1. The van der Waals surface area contributed by atoms with Crippen LogP contribution in [-0.2, 0) is 6.54 Å². The molecule has 0 bridgehead atoms. The third-order valence-corrected chi connectivity index (χ3v) is 2.03. The van der Waals surface area contributed by atoms with E-state index in [0.29, 0.717) is 0 Å². The largest absolute Gasteiger partial charge is 0.294 e. The average molecular weight is 161 g/mol. The van der Waals surface area contributed by atoms with Crippen molar-refractivity contribution in [1.82, 2.24) is 5.01 Å². The van der Waals surface area contributed by atoms with Crippen LogP contribution in [0.4, 0.5) is 5.69 Å². The highest BCUT2D eigenvalue weighted by Gasteiger charge is 2.11. The highest BCUT2D eigenvalue weighted by molar-refractivity contribution is 5.84. The van der Waals surface area contributed by atoms with Crippen molar-refractivity contribution < 1.29 is 0 Å². The molecule has 3 nitrogen and oxygen atoms in total. The van der Waals surface area contributed by atoms with Gasteiger partial charge in [-0.05, 0) is 18.6 Å². The Morgan fingerprint density at radius 2 is 2.17 bits per heavy atom. The first-order chi connectivity index (χ1) is 5.77. The zero-order valence-corrected chi connectivity index (χ0v) is 6.99. The minimum Gasteiger partial charge on any atom is -0.294 e. The number of hydrogen-bond acceptors (Lipinski definition) is 3. The maximum Gasteiger partial charge on any atom is 0.116 e. The predicted octanol–water partition coefficient (Wildman–Crippen LogP) is 1.43. The molecule has 0 aromatic heterocycles. The Morgan fingerprint density at radius 1 is 1.42 bits per heavy atom. The number of fused-ring (bicyclic) bond motifs is 1. The number of amidine groups is 1. The first kappa shape index (κ1) is 7.31. The summed E-state index contributed by atoms with van der Waals surface area (Å²) in [5, 5.41) is 1.66.